The number of nitrogens with one attached hydrogen (secondary N) is 1. The van der Waals surface area contributed by atoms with Crippen molar-refractivity contribution in [2.75, 3.05) is 20.3 Å². The van der Waals surface area contributed by atoms with Crippen molar-refractivity contribution in [2.24, 2.45) is 7.05 Å². The Morgan fingerprint density at radius 3 is 2.75 bits per heavy atom. The third-order valence-corrected chi connectivity index (χ3v) is 5.01. The highest BCUT2D eigenvalue weighted by Gasteiger charge is 2.40. The quantitative estimate of drug-likeness (QED) is 0.645. The summed E-state index contributed by atoms with van der Waals surface area (Å²) in [6.45, 7) is 3.71. The molecule has 24 heavy (non-hydrogen) atoms. The van der Waals surface area contributed by atoms with Crippen LogP contribution in [0.5, 0.6) is 0 Å². The lowest BCUT2D eigenvalue weighted by Gasteiger charge is -2.28. The summed E-state index contributed by atoms with van der Waals surface area (Å²) < 4.78 is 7.44. The van der Waals surface area contributed by atoms with Gasteiger partial charge in [-0.3, -0.25) is 4.98 Å². The maximum absolute atomic E-state index is 5.63. The lowest BCUT2D eigenvalue weighted by molar-refractivity contribution is 0.179. The topological polar surface area (TPSA) is 42.3 Å². The van der Waals surface area contributed by atoms with E-state index in [2.05, 4.69) is 51.9 Å². The van der Waals surface area contributed by atoms with Gasteiger partial charge in [0.05, 0.1) is 17.8 Å². The van der Waals surface area contributed by atoms with Gasteiger partial charge in [-0.1, -0.05) is 6.07 Å². The van der Waals surface area contributed by atoms with Gasteiger partial charge in [-0.05, 0) is 49.8 Å². The molecule has 5 nitrogen and oxygen atoms in total. The fraction of sp³-hybridized carbons (Fsp3) is 0.444. The second-order valence-electron chi connectivity index (χ2n) is 6.12. The second kappa shape index (κ2) is 7.32. The van der Waals surface area contributed by atoms with E-state index in [0.29, 0.717) is 0 Å². The van der Waals surface area contributed by atoms with Crippen molar-refractivity contribution in [3.8, 4) is 0 Å². The highest BCUT2D eigenvalue weighted by molar-refractivity contribution is 7.80. The first-order valence-electron chi connectivity index (χ1n) is 8.22. The average molecular weight is 344 g/mol. The van der Waals surface area contributed by atoms with Crippen molar-refractivity contribution in [2.45, 2.75) is 25.4 Å². The van der Waals surface area contributed by atoms with E-state index in [0.717, 1.165) is 30.4 Å². The van der Waals surface area contributed by atoms with Crippen LogP contribution in [0.2, 0.25) is 0 Å². The van der Waals surface area contributed by atoms with Gasteiger partial charge in [0.15, 0.2) is 5.11 Å². The molecule has 0 aliphatic carbocycles. The predicted octanol–water partition coefficient (Wildman–Crippen LogP) is 2.74. The molecule has 6 heteroatoms. The van der Waals surface area contributed by atoms with E-state index in [-0.39, 0.29) is 12.1 Å². The fourth-order valence-corrected chi connectivity index (χ4v) is 3.61. The lowest BCUT2D eigenvalue weighted by Crippen LogP contribution is -2.32. The van der Waals surface area contributed by atoms with E-state index >= 15 is 0 Å². The van der Waals surface area contributed by atoms with Crippen molar-refractivity contribution in [3.05, 3.63) is 53.6 Å². The Kier molecular flexibility index (Phi) is 5.16. The van der Waals surface area contributed by atoms with Gasteiger partial charge < -0.3 is 19.5 Å². The van der Waals surface area contributed by atoms with Crippen LogP contribution >= 0.6 is 12.2 Å². The molecule has 0 aromatic carbocycles. The Morgan fingerprint density at radius 2 is 2.12 bits per heavy atom. The molecule has 1 aliphatic rings. The number of methoxy groups -OCH3 is 1. The van der Waals surface area contributed by atoms with Crippen molar-refractivity contribution < 1.29 is 4.74 Å². The number of aromatic nitrogens is 2. The number of thiocarbonyl (C=S) groups is 1. The Bertz CT molecular complexity index is 700. The molecule has 2 atom stereocenters. The molecule has 1 N–H and O–H groups in total. The number of hydrogen-bond acceptors (Lipinski definition) is 3. The average Bonchev–Trinajstić information content (AvgIpc) is 3.09. The van der Waals surface area contributed by atoms with E-state index in [1.54, 1.807) is 7.11 Å². The molecule has 0 spiro atoms. The van der Waals surface area contributed by atoms with E-state index in [1.165, 1.54) is 11.4 Å². The van der Waals surface area contributed by atoms with Crippen molar-refractivity contribution in [1.29, 1.82) is 0 Å². The zero-order valence-corrected chi connectivity index (χ0v) is 15.2. The van der Waals surface area contributed by atoms with Crippen LogP contribution in [0, 0.1) is 6.92 Å². The Balaban J connectivity index is 1.96. The maximum Gasteiger partial charge on any atom is 0.170 e. The molecule has 2 aromatic heterocycles. The van der Waals surface area contributed by atoms with Crippen molar-refractivity contribution >= 4 is 17.3 Å². The summed E-state index contributed by atoms with van der Waals surface area (Å²) in [5.74, 6) is 0. The summed E-state index contributed by atoms with van der Waals surface area (Å²) in [5, 5.41) is 4.26. The first-order chi connectivity index (χ1) is 11.6. The zero-order chi connectivity index (χ0) is 17.1. The molecule has 0 amide bonds. The summed E-state index contributed by atoms with van der Waals surface area (Å²) in [5.41, 5.74) is 3.49. The van der Waals surface area contributed by atoms with E-state index in [1.807, 2.05) is 18.3 Å². The van der Waals surface area contributed by atoms with Gasteiger partial charge in [-0.25, -0.2) is 0 Å². The summed E-state index contributed by atoms with van der Waals surface area (Å²) in [6.07, 6.45) is 2.77. The van der Waals surface area contributed by atoms with Crippen LogP contribution in [0.4, 0.5) is 0 Å². The maximum atomic E-state index is 5.63. The molecule has 1 saturated heterocycles. The first kappa shape index (κ1) is 16.9. The lowest BCUT2D eigenvalue weighted by atomic mass is 10.0. The summed E-state index contributed by atoms with van der Waals surface area (Å²) in [7, 11) is 3.84. The SMILES string of the molecule is COCCCN1C(=S)N[C@H](c2ccccn2)[C@@H]1c1ccc(C)n1C. The summed E-state index contributed by atoms with van der Waals surface area (Å²) >= 11 is 5.63. The molecule has 3 heterocycles. The van der Waals surface area contributed by atoms with Crippen LogP contribution in [0.3, 0.4) is 0 Å². The smallest absolute Gasteiger partial charge is 0.170 e. The van der Waals surface area contributed by atoms with Gasteiger partial charge in [0, 0.05) is 44.9 Å². The molecule has 0 radical (unpaired) electrons. The zero-order valence-electron chi connectivity index (χ0n) is 14.4. The standard InChI is InChI=1S/C18H24N4OS/c1-13-8-9-15(21(13)2)17-16(14-7-4-5-10-19-14)20-18(24)22(17)11-6-12-23-3/h4-5,7-10,16-17H,6,11-12H2,1-3H3,(H,20,24)/t16-,17+/m1/s1. The number of nitrogens with zero attached hydrogens (tertiary/aromatic N) is 3. The van der Waals surface area contributed by atoms with Crippen LogP contribution < -0.4 is 5.32 Å². The Hall–Kier alpha value is -1.92. The van der Waals surface area contributed by atoms with Gasteiger partial charge in [0.1, 0.15) is 0 Å². The fourth-order valence-electron chi connectivity index (χ4n) is 3.28. The predicted molar refractivity (Wildman–Crippen MR) is 98.8 cm³/mol. The largest absolute Gasteiger partial charge is 0.385 e. The third-order valence-electron chi connectivity index (χ3n) is 4.66. The van der Waals surface area contributed by atoms with Crippen LogP contribution in [-0.4, -0.2) is 39.8 Å². The van der Waals surface area contributed by atoms with Gasteiger partial charge in [-0.2, -0.15) is 0 Å². The third kappa shape index (κ3) is 3.16. The van der Waals surface area contributed by atoms with Gasteiger partial charge in [-0.15, -0.1) is 0 Å². The molecule has 1 fully saturated rings. The monoisotopic (exact) mass is 344 g/mol. The van der Waals surface area contributed by atoms with Gasteiger partial charge >= 0.3 is 0 Å². The number of ether oxygens (including phenoxy) is 1. The second-order valence-corrected chi connectivity index (χ2v) is 6.51. The summed E-state index contributed by atoms with van der Waals surface area (Å²) in [4.78, 5) is 6.82. The van der Waals surface area contributed by atoms with E-state index in [9.17, 15) is 0 Å². The Labute approximate surface area is 148 Å². The minimum Gasteiger partial charge on any atom is -0.385 e. The molecule has 128 valence electrons. The number of hydrogen-bond donors (Lipinski definition) is 1. The molecule has 0 bridgehead atoms. The van der Waals surface area contributed by atoms with Gasteiger partial charge in [0.25, 0.3) is 0 Å². The Morgan fingerprint density at radius 1 is 1.29 bits per heavy atom. The van der Waals surface area contributed by atoms with Crippen molar-refractivity contribution in [1.82, 2.24) is 19.8 Å². The highest BCUT2D eigenvalue weighted by Crippen LogP contribution is 2.38. The number of aryl methyl sites for hydroxylation is 1. The molecular formula is C18H24N4OS. The van der Waals surface area contributed by atoms with Crippen molar-refractivity contribution in [3.63, 3.8) is 0 Å². The van der Waals surface area contributed by atoms with E-state index in [4.69, 9.17) is 17.0 Å². The molecule has 3 rings (SSSR count). The van der Waals surface area contributed by atoms with Crippen LogP contribution in [0.1, 0.15) is 35.6 Å². The van der Waals surface area contributed by atoms with E-state index < -0.39 is 0 Å². The summed E-state index contributed by atoms with van der Waals surface area (Å²) in [6, 6.07) is 10.5. The number of rotatable bonds is 6. The number of pyridine rings is 1. The molecule has 0 saturated carbocycles. The molecule has 2 aromatic rings. The highest BCUT2D eigenvalue weighted by atomic mass is 32.1. The van der Waals surface area contributed by atoms with Gasteiger partial charge in [0.2, 0.25) is 0 Å². The molecule has 1 aliphatic heterocycles. The minimum absolute atomic E-state index is 0.0502. The first-order valence-corrected chi connectivity index (χ1v) is 8.63. The van der Waals surface area contributed by atoms with Crippen LogP contribution in [0.25, 0.3) is 0 Å². The van der Waals surface area contributed by atoms with Crippen LogP contribution in [0.15, 0.2) is 36.5 Å². The normalized spacial score (nSPS) is 20.5. The minimum atomic E-state index is 0.0502. The molecule has 0 unspecified atom stereocenters. The molecular weight excluding hydrogens is 320 g/mol. The van der Waals surface area contributed by atoms with Crippen LogP contribution in [-0.2, 0) is 11.8 Å².